The number of aliphatic hydroxyl groups is 1. The predicted molar refractivity (Wildman–Crippen MR) is 75.1 cm³/mol. The van der Waals surface area contributed by atoms with Crippen molar-refractivity contribution in [2.24, 2.45) is 5.92 Å². The van der Waals surface area contributed by atoms with Gasteiger partial charge in [-0.3, -0.25) is 9.59 Å². The molecular weight excluding hydrogens is 260 g/mol. The standard InChI is InChI=1S/C14H26N2O4/c1-4-14(5-2,10-17)15-13(19)11-8-12(18)16(9-11)6-7-20-3/h11,17H,4-10H2,1-3H3,(H,15,19). The van der Waals surface area contributed by atoms with Gasteiger partial charge in [-0.15, -0.1) is 0 Å². The normalized spacial score (nSPS) is 19.5. The van der Waals surface area contributed by atoms with E-state index < -0.39 is 5.54 Å². The van der Waals surface area contributed by atoms with Crippen LogP contribution in [0, 0.1) is 5.92 Å². The Balaban J connectivity index is 2.59. The minimum Gasteiger partial charge on any atom is -0.394 e. The van der Waals surface area contributed by atoms with Crippen LogP contribution in [0.4, 0.5) is 0 Å². The molecule has 2 N–H and O–H groups in total. The van der Waals surface area contributed by atoms with Gasteiger partial charge in [0.25, 0.3) is 0 Å². The molecule has 2 amide bonds. The zero-order valence-electron chi connectivity index (χ0n) is 12.6. The van der Waals surface area contributed by atoms with Crippen molar-refractivity contribution < 1.29 is 19.4 Å². The van der Waals surface area contributed by atoms with Crippen LogP contribution >= 0.6 is 0 Å². The van der Waals surface area contributed by atoms with E-state index in [0.29, 0.717) is 32.5 Å². The van der Waals surface area contributed by atoms with Gasteiger partial charge in [0.2, 0.25) is 11.8 Å². The van der Waals surface area contributed by atoms with Gasteiger partial charge in [-0.2, -0.15) is 0 Å². The molecule has 0 bridgehead atoms. The van der Waals surface area contributed by atoms with Gasteiger partial charge < -0.3 is 20.1 Å². The number of amides is 2. The number of nitrogens with one attached hydrogen (secondary N) is 1. The summed E-state index contributed by atoms with van der Waals surface area (Å²) in [5.41, 5.74) is -0.569. The Bertz CT molecular complexity index is 334. The second kappa shape index (κ2) is 7.59. The first kappa shape index (κ1) is 16.9. The highest BCUT2D eigenvalue weighted by molar-refractivity contribution is 5.89. The maximum Gasteiger partial charge on any atom is 0.225 e. The summed E-state index contributed by atoms with van der Waals surface area (Å²) < 4.78 is 4.95. The van der Waals surface area contributed by atoms with Crippen molar-refractivity contribution in [3.63, 3.8) is 0 Å². The fraction of sp³-hybridized carbons (Fsp3) is 0.857. The van der Waals surface area contributed by atoms with Crippen LogP contribution in [0.5, 0.6) is 0 Å². The molecule has 1 atom stereocenters. The highest BCUT2D eigenvalue weighted by Gasteiger charge is 2.37. The van der Waals surface area contributed by atoms with Crippen LogP contribution < -0.4 is 5.32 Å². The van der Waals surface area contributed by atoms with Gasteiger partial charge in [0, 0.05) is 26.6 Å². The minimum absolute atomic E-state index is 0.00945. The van der Waals surface area contributed by atoms with E-state index in [1.54, 1.807) is 12.0 Å². The molecule has 1 saturated heterocycles. The number of carbonyl (C=O) groups excluding carboxylic acids is 2. The van der Waals surface area contributed by atoms with Crippen molar-refractivity contribution in [1.82, 2.24) is 10.2 Å². The molecule has 1 aliphatic rings. The minimum atomic E-state index is -0.569. The Morgan fingerprint density at radius 1 is 1.50 bits per heavy atom. The summed E-state index contributed by atoms with van der Waals surface area (Å²) in [5, 5.41) is 12.4. The first-order chi connectivity index (χ1) is 9.51. The van der Waals surface area contributed by atoms with E-state index in [4.69, 9.17) is 4.74 Å². The lowest BCUT2D eigenvalue weighted by Crippen LogP contribution is -2.52. The number of rotatable bonds is 8. The van der Waals surface area contributed by atoms with E-state index >= 15 is 0 Å². The molecule has 20 heavy (non-hydrogen) atoms. The van der Waals surface area contributed by atoms with E-state index in [-0.39, 0.29) is 30.8 Å². The molecule has 0 saturated carbocycles. The molecule has 116 valence electrons. The molecule has 0 aromatic rings. The number of ether oxygens (including phenoxy) is 1. The smallest absolute Gasteiger partial charge is 0.225 e. The van der Waals surface area contributed by atoms with E-state index in [0.717, 1.165) is 0 Å². The molecule has 1 heterocycles. The topological polar surface area (TPSA) is 78.9 Å². The summed E-state index contributed by atoms with van der Waals surface area (Å²) >= 11 is 0. The summed E-state index contributed by atoms with van der Waals surface area (Å²) in [7, 11) is 1.59. The van der Waals surface area contributed by atoms with Crippen molar-refractivity contribution in [3.8, 4) is 0 Å². The fourth-order valence-electron chi connectivity index (χ4n) is 2.42. The third kappa shape index (κ3) is 3.93. The Hall–Kier alpha value is -1.14. The summed E-state index contributed by atoms with van der Waals surface area (Å²) in [4.78, 5) is 25.7. The molecule has 1 unspecified atom stereocenters. The van der Waals surface area contributed by atoms with E-state index in [2.05, 4.69) is 5.32 Å². The largest absolute Gasteiger partial charge is 0.394 e. The first-order valence-electron chi connectivity index (χ1n) is 7.21. The van der Waals surface area contributed by atoms with Gasteiger partial charge in [-0.05, 0) is 12.8 Å². The molecule has 0 aromatic carbocycles. The number of methoxy groups -OCH3 is 1. The third-order valence-corrected chi connectivity index (χ3v) is 4.20. The van der Waals surface area contributed by atoms with E-state index in [1.807, 2.05) is 13.8 Å². The van der Waals surface area contributed by atoms with Crippen LogP contribution in [0.1, 0.15) is 33.1 Å². The van der Waals surface area contributed by atoms with Crippen LogP contribution in [0.2, 0.25) is 0 Å². The Morgan fingerprint density at radius 3 is 2.65 bits per heavy atom. The highest BCUT2D eigenvalue weighted by atomic mass is 16.5. The van der Waals surface area contributed by atoms with Crippen LogP contribution in [0.25, 0.3) is 0 Å². The van der Waals surface area contributed by atoms with Gasteiger partial charge in [0.1, 0.15) is 0 Å². The molecule has 1 aliphatic heterocycles. The van der Waals surface area contributed by atoms with Crippen LogP contribution in [-0.4, -0.2) is 60.8 Å². The Labute approximate surface area is 120 Å². The fourth-order valence-corrected chi connectivity index (χ4v) is 2.42. The Morgan fingerprint density at radius 2 is 2.15 bits per heavy atom. The molecule has 1 fully saturated rings. The van der Waals surface area contributed by atoms with Gasteiger partial charge in [0.15, 0.2) is 0 Å². The lowest BCUT2D eigenvalue weighted by molar-refractivity contribution is -0.130. The van der Waals surface area contributed by atoms with Gasteiger partial charge in [0.05, 0.1) is 24.7 Å². The number of hydrogen-bond donors (Lipinski definition) is 2. The maximum atomic E-state index is 12.3. The van der Waals surface area contributed by atoms with E-state index in [1.165, 1.54) is 0 Å². The van der Waals surface area contributed by atoms with Crippen molar-refractivity contribution in [3.05, 3.63) is 0 Å². The number of hydrogen-bond acceptors (Lipinski definition) is 4. The lowest BCUT2D eigenvalue weighted by atomic mass is 9.92. The average molecular weight is 286 g/mol. The average Bonchev–Trinajstić information content (AvgIpc) is 2.84. The Kier molecular flexibility index (Phi) is 6.42. The molecule has 1 rings (SSSR count). The zero-order valence-corrected chi connectivity index (χ0v) is 12.6. The quantitative estimate of drug-likeness (QED) is 0.666. The molecule has 0 aromatic heterocycles. The lowest BCUT2D eigenvalue weighted by Gasteiger charge is -2.31. The number of aliphatic hydroxyl groups excluding tert-OH is 1. The summed E-state index contributed by atoms with van der Waals surface area (Å²) in [5.74, 6) is -0.482. The molecule has 6 nitrogen and oxygen atoms in total. The maximum absolute atomic E-state index is 12.3. The molecule has 0 radical (unpaired) electrons. The van der Waals surface area contributed by atoms with Crippen molar-refractivity contribution >= 4 is 11.8 Å². The van der Waals surface area contributed by atoms with Gasteiger partial charge >= 0.3 is 0 Å². The van der Waals surface area contributed by atoms with Crippen LogP contribution in [0.3, 0.4) is 0 Å². The molecular formula is C14H26N2O4. The SMILES string of the molecule is CCC(CC)(CO)NC(=O)C1CC(=O)N(CCOC)C1. The number of carbonyl (C=O) groups is 2. The van der Waals surface area contributed by atoms with Crippen molar-refractivity contribution in [2.45, 2.75) is 38.6 Å². The van der Waals surface area contributed by atoms with Crippen molar-refractivity contribution in [1.29, 1.82) is 0 Å². The molecule has 0 aliphatic carbocycles. The van der Waals surface area contributed by atoms with E-state index in [9.17, 15) is 14.7 Å². The van der Waals surface area contributed by atoms with Crippen LogP contribution in [0.15, 0.2) is 0 Å². The zero-order chi connectivity index (χ0) is 15.2. The summed E-state index contributed by atoms with van der Waals surface area (Å²) in [6.07, 6.45) is 1.57. The first-order valence-corrected chi connectivity index (χ1v) is 7.21. The summed E-state index contributed by atoms with van der Waals surface area (Å²) in [6.45, 7) is 5.22. The second-order valence-electron chi connectivity index (χ2n) is 5.37. The van der Waals surface area contributed by atoms with Crippen LogP contribution in [-0.2, 0) is 14.3 Å². The highest BCUT2D eigenvalue weighted by Crippen LogP contribution is 2.21. The second-order valence-corrected chi connectivity index (χ2v) is 5.37. The monoisotopic (exact) mass is 286 g/mol. The predicted octanol–water partition coefficient (Wildman–Crippen LogP) is 0.149. The third-order valence-electron chi connectivity index (χ3n) is 4.20. The number of nitrogens with zero attached hydrogens (tertiary/aromatic N) is 1. The van der Waals surface area contributed by atoms with Crippen molar-refractivity contribution in [2.75, 3.05) is 33.4 Å². The molecule has 0 spiro atoms. The summed E-state index contributed by atoms with van der Waals surface area (Å²) in [6, 6.07) is 0. The number of likely N-dealkylation sites (tertiary alicyclic amines) is 1. The molecule has 6 heteroatoms. The van der Waals surface area contributed by atoms with Gasteiger partial charge in [-0.25, -0.2) is 0 Å². The van der Waals surface area contributed by atoms with Gasteiger partial charge in [-0.1, -0.05) is 13.8 Å².